The maximum Gasteiger partial charge on any atom is 0.262 e. The van der Waals surface area contributed by atoms with Gasteiger partial charge in [0.25, 0.3) is 5.56 Å². The average molecular weight is 410 g/mol. The third-order valence-corrected chi connectivity index (χ3v) is 7.16. The fraction of sp³-hybridized carbons (Fsp3) is 0.500. The first-order valence-corrected chi connectivity index (χ1v) is 11.9. The zero-order valence-electron chi connectivity index (χ0n) is 17.8. The SMILES string of the molecule is CCc1nc2scc(-c3ccc4c(c3)CCCC4)c2c(=O)n1CCN(CC)CC. The molecular formula is C24H31N3OS. The van der Waals surface area contributed by atoms with E-state index in [4.69, 9.17) is 4.98 Å². The molecule has 5 heteroatoms. The third kappa shape index (κ3) is 3.90. The van der Waals surface area contributed by atoms with Crippen molar-refractivity contribution in [3.63, 3.8) is 0 Å². The molecule has 29 heavy (non-hydrogen) atoms. The highest BCUT2D eigenvalue weighted by atomic mass is 32.1. The Bertz CT molecular complexity index is 1060. The maximum absolute atomic E-state index is 13.6. The molecule has 1 aliphatic carbocycles. The lowest BCUT2D eigenvalue weighted by atomic mass is 9.89. The molecule has 2 heterocycles. The summed E-state index contributed by atoms with van der Waals surface area (Å²) in [5, 5.41) is 2.92. The summed E-state index contributed by atoms with van der Waals surface area (Å²) in [4.78, 5) is 21.7. The van der Waals surface area contributed by atoms with Crippen molar-refractivity contribution >= 4 is 21.6 Å². The predicted molar refractivity (Wildman–Crippen MR) is 123 cm³/mol. The number of aromatic nitrogens is 2. The predicted octanol–water partition coefficient (Wildman–Crippen LogP) is 4.91. The molecule has 0 bridgehead atoms. The smallest absolute Gasteiger partial charge is 0.262 e. The number of thiophene rings is 1. The summed E-state index contributed by atoms with van der Waals surface area (Å²) in [6.45, 7) is 10.0. The van der Waals surface area contributed by atoms with Crippen LogP contribution in [0.5, 0.6) is 0 Å². The molecule has 0 unspecified atom stereocenters. The topological polar surface area (TPSA) is 38.1 Å². The summed E-state index contributed by atoms with van der Waals surface area (Å²) in [5.74, 6) is 0.897. The number of benzene rings is 1. The Morgan fingerprint density at radius 1 is 1.10 bits per heavy atom. The van der Waals surface area contributed by atoms with Crippen LogP contribution in [0.3, 0.4) is 0 Å². The summed E-state index contributed by atoms with van der Waals surface area (Å²) >= 11 is 1.60. The van der Waals surface area contributed by atoms with Crippen LogP contribution in [0.25, 0.3) is 21.3 Å². The van der Waals surface area contributed by atoms with Crippen molar-refractivity contribution < 1.29 is 0 Å². The first kappa shape index (κ1) is 20.3. The van der Waals surface area contributed by atoms with Gasteiger partial charge in [-0.05, 0) is 55.5 Å². The van der Waals surface area contributed by atoms with E-state index in [1.165, 1.54) is 30.4 Å². The van der Waals surface area contributed by atoms with Crippen LogP contribution in [0.2, 0.25) is 0 Å². The highest BCUT2D eigenvalue weighted by Gasteiger charge is 2.18. The largest absolute Gasteiger partial charge is 0.302 e. The van der Waals surface area contributed by atoms with Crippen molar-refractivity contribution in [2.75, 3.05) is 19.6 Å². The van der Waals surface area contributed by atoms with Crippen molar-refractivity contribution in [2.45, 2.75) is 59.4 Å². The van der Waals surface area contributed by atoms with Gasteiger partial charge >= 0.3 is 0 Å². The molecule has 0 amide bonds. The van der Waals surface area contributed by atoms with Crippen molar-refractivity contribution in [2.24, 2.45) is 0 Å². The average Bonchev–Trinajstić information content (AvgIpc) is 3.19. The molecule has 1 aliphatic rings. The zero-order valence-corrected chi connectivity index (χ0v) is 18.6. The summed E-state index contributed by atoms with van der Waals surface area (Å²) in [7, 11) is 0. The number of likely N-dealkylation sites (N-methyl/N-ethyl adjacent to an activating group) is 1. The minimum atomic E-state index is 0.118. The molecule has 154 valence electrons. The number of aryl methyl sites for hydroxylation is 3. The molecule has 0 saturated carbocycles. The normalized spacial score (nSPS) is 13.9. The number of fused-ring (bicyclic) bond motifs is 2. The Kier molecular flexibility index (Phi) is 6.16. The maximum atomic E-state index is 13.6. The fourth-order valence-corrected chi connectivity index (χ4v) is 5.42. The fourth-order valence-electron chi connectivity index (χ4n) is 4.46. The van der Waals surface area contributed by atoms with Gasteiger partial charge < -0.3 is 4.90 Å². The zero-order chi connectivity index (χ0) is 20.4. The van der Waals surface area contributed by atoms with Gasteiger partial charge in [0.05, 0.1) is 5.39 Å². The molecule has 2 aromatic heterocycles. The molecule has 0 saturated heterocycles. The monoisotopic (exact) mass is 409 g/mol. The van der Waals surface area contributed by atoms with Gasteiger partial charge in [-0.15, -0.1) is 11.3 Å². The lowest BCUT2D eigenvalue weighted by Gasteiger charge is -2.20. The van der Waals surface area contributed by atoms with E-state index >= 15 is 0 Å². The van der Waals surface area contributed by atoms with E-state index in [9.17, 15) is 4.79 Å². The Balaban J connectivity index is 1.79. The number of hydrogen-bond donors (Lipinski definition) is 0. The second kappa shape index (κ2) is 8.80. The van der Waals surface area contributed by atoms with Gasteiger partial charge in [-0.3, -0.25) is 9.36 Å². The highest BCUT2D eigenvalue weighted by Crippen LogP contribution is 2.33. The minimum Gasteiger partial charge on any atom is -0.302 e. The van der Waals surface area contributed by atoms with Crippen LogP contribution in [0, 0.1) is 0 Å². The Morgan fingerprint density at radius 2 is 1.86 bits per heavy atom. The van der Waals surface area contributed by atoms with Crippen LogP contribution in [-0.2, 0) is 25.8 Å². The number of rotatable bonds is 7. The first-order valence-electron chi connectivity index (χ1n) is 11.0. The first-order chi connectivity index (χ1) is 14.2. The van der Waals surface area contributed by atoms with Gasteiger partial charge in [0, 0.05) is 30.5 Å². The third-order valence-electron chi connectivity index (χ3n) is 6.28. The lowest BCUT2D eigenvalue weighted by molar-refractivity contribution is 0.287. The highest BCUT2D eigenvalue weighted by molar-refractivity contribution is 7.17. The molecule has 0 spiro atoms. The van der Waals surface area contributed by atoms with Gasteiger partial charge in [-0.1, -0.05) is 39.0 Å². The van der Waals surface area contributed by atoms with Crippen molar-refractivity contribution in [1.29, 1.82) is 0 Å². The van der Waals surface area contributed by atoms with Crippen molar-refractivity contribution in [3.05, 3.63) is 50.9 Å². The second-order valence-electron chi connectivity index (χ2n) is 7.89. The molecule has 4 nitrogen and oxygen atoms in total. The Labute approximate surface area is 177 Å². The van der Waals surface area contributed by atoms with Gasteiger partial charge in [-0.2, -0.15) is 0 Å². The summed E-state index contributed by atoms with van der Waals surface area (Å²) in [5.41, 5.74) is 5.26. The Hall–Kier alpha value is -1.98. The van der Waals surface area contributed by atoms with Gasteiger partial charge in [0.2, 0.25) is 0 Å². The molecule has 0 radical (unpaired) electrons. The van der Waals surface area contributed by atoms with Crippen LogP contribution in [0.4, 0.5) is 0 Å². The standard InChI is InChI=1S/C24H31N3OS/c1-4-21-25-23-22(24(28)27(21)14-13-26(5-2)6-3)20(16-29-23)19-12-11-17-9-7-8-10-18(17)15-19/h11-12,15-16H,4-10,13-14H2,1-3H3. The van der Waals surface area contributed by atoms with Crippen LogP contribution in [0.1, 0.15) is 50.6 Å². The minimum absolute atomic E-state index is 0.118. The molecule has 0 aliphatic heterocycles. The summed E-state index contributed by atoms with van der Waals surface area (Å²) < 4.78 is 1.91. The summed E-state index contributed by atoms with van der Waals surface area (Å²) in [6.07, 6.45) is 5.65. The van der Waals surface area contributed by atoms with Crippen molar-refractivity contribution in [1.82, 2.24) is 14.5 Å². The number of hydrogen-bond acceptors (Lipinski definition) is 4. The molecule has 0 atom stereocenters. The Morgan fingerprint density at radius 3 is 2.59 bits per heavy atom. The van der Waals surface area contributed by atoms with E-state index in [1.807, 2.05) is 4.57 Å². The molecule has 4 rings (SSSR count). The van der Waals surface area contributed by atoms with E-state index < -0.39 is 0 Å². The van der Waals surface area contributed by atoms with Gasteiger partial charge in [0.1, 0.15) is 10.7 Å². The van der Waals surface area contributed by atoms with E-state index in [1.54, 1.807) is 11.3 Å². The summed E-state index contributed by atoms with van der Waals surface area (Å²) in [6, 6.07) is 6.77. The number of nitrogens with zero attached hydrogens (tertiary/aromatic N) is 3. The van der Waals surface area contributed by atoms with E-state index in [0.29, 0.717) is 6.54 Å². The molecule has 0 fully saturated rings. The van der Waals surface area contributed by atoms with Crippen molar-refractivity contribution in [3.8, 4) is 11.1 Å². The van der Waals surface area contributed by atoms with Gasteiger partial charge in [-0.25, -0.2) is 4.98 Å². The lowest BCUT2D eigenvalue weighted by Crippen LogP contribution is -2.33. The molecule has 3 aromatic rings. The quantitative estimate of drug-likeness (QED) is 0.557. The second-order valence-corrected chi connectivity index (χ2v) is 8.74. The van der Waals surface area contributed by atoms with E-state index in [-0.39, 0.29) is 5.56 Å². The van der Waals surface area contributed by atoms with Gasteiger partial charge in [0.15, 0.2) is 0 Å². The molecular weight excluding hydrogens is 378 g/mol. The van der Waals surface area contributed by atoms with Crippen LogP contribution in [0.15, 0.2) is 28.4 Å². The molecule has 1 aromatic carbocycles. The van der Waals surface area contributed by atoms with E-state index in [2.05, 4.69) is 49.3 Å². The van der Waals surface area contributed by atoms with Crippen LogP contribution < -0.4 is 5.56 Å². The van der Waals surface area contributed by atoms with Crippen LogP contribution >= 0.6 is 11.3 Å². The van der Waals surface area contributed by atoms with E-state index in [0.717, 1.165) is 59.6 Å². The molecule has 0 N–H and O–H groups in total. The van der Waals surface area contributed by atoms with Crippen LogP contribution in [-0.4, -0.2) is 34.1 Å².